The maximum absolute atomic E-state index is 8.64. The van der Waals surface area contributed by atoms with Crippen LogP contribution in [-0.2, 0) is 0 Å². The molecule has 1 rings (SSSR count). The summed E-state index contributed by atoms with van der Waals surface area (Å²) in [5, 5.41) is 11.4. The molecule has 1 aromatic rings. The minimum absolute atomic E-state index is 0.0348. The number of rotatable bonds is 2. The summed E-state index contributed by atoms with van der Waals surface area (Å²) in [6.45, 7) is 1.87. The molecule has 3 nitrogen and oxygen atoms in total. The molecule has 0 unspecified atom stereocenters. The number of aliphatic hydroxyl groups is 1. The fourth-order valence-corrected chi connectivity index (χ4v) is 1.41. The second-order valence-corrected chi connectivity index (χ2v) is 3.01. The molecule has 0 saturated heterocycles. The summed E-state index contributed by atoms with van der Waals surface area (Å²) in [7, 11) is 0. The topological polar surface area (TPSA) is 59.1 Å². The number of hydrogen-bond donors (Lipinski definition) is 2. The second kappa shape index (κ2) is 3.09. The molecule has 0 aromatic carbocycles. The number of nitrogens with zero attached hydrogens (tertiary/aromatic N) is 1. The normalized spacial score (nSPS) is 13.5. The summed E-state index contributed by atoms with van der Waals surface area (Å²) < 4.78 is 0. The zero-order chi connectivity index (χ0) is 7.56. The van der Waals surface area contributed by atoms with Crippen LogP contribution >= 0.6 is 11.3 Å². The van der Waals surface area contributed by atoms with Crippen molar-refractivity contribution in [3.63, 3.8) is 0 Å². The average Bonchev–Trinajstić information content (AvgIpc) is 2.34. The lowest BCUT2D eigenvalue weighted by Crippen LogP contribution is -2.13. The molecule has 56 valence electrons. The average molecular weight is 158 g/mol. The molecule has 1 atom stereocenters. The van der Waals surface area contributed by atoms with Crippen molar-refractivity contribution in [1.82, 2.24) is 4.98 Å². The zero-order valence-corrected chi connectivity index (χ0v) is 6.56. The number of aryl methyl sites for hydroxylation is 1. The van der Waals surface area contributed by atoms with Gasteiger partial charge in [-0.3, -0.25) is 0 Å². The van der Waals surface area contributed by atoms with Crippen LogP contribution in [0.2, 0.25) is 0 Å². The molecule has 0 aliphatic heterocycles. The highest BCUT2D eigenvalue weighted by molar-refractivity contribution is 7.09. The van der Waals surface area contributed by atoms with Crippen molar-refractivity contribution in [3.8, 4) is 0 Å². The van der Waals surface area contributed by atoms with Crippen molar-refractivity contribution in [2.45, 2.75) is 13.0 Å². The largest absolute Gasteiger partial charge is 0.394 e. The molecule has 0 aliphatic carbocycles. The van der Waals surface area contributed by atoms with Gasteiger partial charge in [-0.05, 0) is 6.92 Å². The van der Waals surface area contributed by atoms with Gasteiger partial charge >= 0.3 is 0 Å². The van der Waals surface area contributed by atoms with Gasteiger partial charge in [-0.1, -0.05) is 0 Å². The molecule has 0 amide bonds. The van der Waals surface area contributed by atoms with Crippen molar-refractivity contribution in [2.75, 3.05) is 6.61 Å². The van der Waals surface area contributed by atoms with Crippen molar-refractivity contribution in [1.29, 1.82) is 0 Å². The molecule has 1 heterocycles. The molecule has 3 N–H and O–H groups in total. The third kappa shape index (κ3) is 1.53. The van der Waals surface area contributed by atoms with E-state index in [0.29, 0.717) is 0 Å². The molecule has 1 aromatic heterocycles. The fourth-order valence-electron chi connectivity index (χ4n) is 0.621. The van der Waals surface area contributed by atoms with Gasteiger partial charge in [-0.15, -0.1) is 11.3 Å². The molecule has 0 saturated carbocycles. The van der Waals surface area contributed by atoms with E-state index in [0.717, 1.165) is 10.7 Å². The third-order valence-corrected chi connectivity index (χ3v) is 2.25. The van der Waals surface area contributed by atoms with Crippen molar-refractivity contribution in [2.24, 2.45) is 5.73 Å². The zero-order valence-electron chi connectivity index (χ0n) is 5.74. The van der Waals surface area contributed by atoms with E-state index in [2.05, 4.69) is 4.98 Å². The summed E-state index contributed by atoms with van der Waals surface area (Å²) in [6, 6.07) is -0.307. The minimum atomic E-state index is -0.307. The Morgan fingerprint density at radius 2 is 2.60 bits per heavy atom. The predicted molar refractivity (Wildman–Crippen MR) is 40.9 cm³/mol. The maximum Gasteiger partial charge on any atom is 0.112 e. The van der Waals surface area contributed by atoms with E-state index in [1.165, 1.54) is 11.3 Å². The lowest BCUT2D eigenvalue weighted by atomic mass is 10.3. The van der Waals surface area contributed by atoms with E-state index in [4.69, 9.17) is 10.8 Å². The highest BCUT2D eigenvalue weighted by Crippen LogP contribution is 2.14. The Labute approximate surface area is 63.5 Å². The van der Waals surface area contributed by atoms with Crippen LogP contribution in [0.15, 0.2) is 5.38 Å². The van der Waals surface area contributed by atoms with Gasteiger partial charge < -0.3 is 10.8 Å². The lowest BCUT2D eigenvalue weighted by molar-refractivity contribution is 0.267. The Bertz CT molecular complexity index is 211. The first kappa shape index (κ1) is 7.65. The van der Waals surface area contributed by atoms with Crippen LogP contribution in [0.1, 0.15) is 16.7 Å². The number of aliphatic hydroxyl groups excluding tert-OH is 1. The highest BCUT2D eigenvalue weighted by atomic mass is 32.1. The van der Waals surface area contributed by atoms with Crippen LogP contribution in [0.5, 0.6) is 0 Å². The van der Waals surface area contributed by atoms with Gasteiger partial charge in [0.25, 0.3) is 0 Å². The smallest absolute Gasteiger partial charge is 0.112 e. The summed E-state index contributed by atoms with van der Waals surface area (Å²) in [5.41, 5.74) is 6.47. The molecule has 0 radical (unpaired) electrons. The van der Waals surface area contributed by atoms with Gasteiger partial charge in [0, 0.05) is 11.1 Å². The van der Waals surface area contributed by atoms with Crippen molar-refractivity contribution < 1.29 is 5.11 Å². The van der Waals surface area contributed by atoms with Crippen LogP contribution in [0.3, 0.4) is 0 Å². The summed E-state index contributed by atoms with van der Waals surface area (Å²) >= 11 is 1.49. The van der Waals surface area contributed by atoms with Gasteiger partial charge in [-0.2, -0.15) is 0 Å². The predicted octanol–water partition coefficient (Wildman–Crippen LogP) is 0.444. The molecular formula is C6H10N2OS. The van der Waals surface area contributed by atoms with E-state index >= 15 is 0 Å². The van der Waals surface area contributed by atoms with Gasteiger partial charge in [-0.25, -0.2) is 4.98 Å². The van der Waals surface area contributed by atoms with Crippen LogP contribution in [-0.4, -0.2) is 16.7 Å². The van der Waals surface area contributed by atoms with E-state index in [1.807, 2.05) is 12.3 Å². The van der Waals surface area contributed by atoms with Gasteiger partial charge in [0.05, 0.1) is 12.6 Å². The van der Waals surface area contributed by atoms with Crippen LogP contribution in [0.25, 0.3) is 0 Å². The third-order valence-electron chi connectivity index (χ3n) is 1.15. The molecule has 0 aliphatic rings. The second-order valence-electron chi connectivity index (χ2n) is 2.12. The molecule has 4 heteroatoms. The lowest BCUT2D eigenvalue weighted by Gasteiger charge is -2.00. The monoisotopic (exact) mass is 158 g/mol. The Kier molecular flexibility index (Phi) is 2.37. The number of hydrogen-bond acceptors (Lipinski definition) is 4. The van der Waals surface area contributed by atoms with E-state index in [-0.39, 0.29) is 12.6 Å². The molecule has 10 heavy (non-hydrogen) atoms. The first-order chi connectivity index (χ1) is 4.74. The standard InChI is InChI=1S/C6H10N2OS/c1-4-3-10-6(8-4)5(7)2-9/h3,5,9H,2,7H2,1H3/t5-/m1/s1. The Morgan fingerprint density at radius 3 is 3.00 bits per heavy atom. The van der Waals surface area contributed by atoms with E-state index < -0.39 is 0 Å². The first-order valence-electron chi connectivity index (χ1n) is 3.02. The van der Waals surface area contributed by atoms with Crippen LogP contribution in [0, 0.1) is 6.92 Å². The van der Waals surface area contributed by atoms with Crippen molar-refractivity contribution >= 4 is 11.3 Å². The summed E-state index contributed by atoms with van der Waals surface area (Å²) in [6.07, 6.45) is 0. The summed E-state index contributed by atoms with van der Waals surface area (Å²) in [5.74, 6) is 0. The Balaban J connectivity index is 2.74. The maximum atomic E-state index is 8.64. The van der Waals surface area contributed by atoms with Gasteiger partial charge in [0.15, 0.2) is 0 Å². The van der Waals surface area contributed by atoms with Gasteiger partial charge in [0.2, 0.25) is 0 Å². The molecular weight excluding hydrogens is 148 g/mol. The molecule has 0 spiro atoms. The van der Waals surface area contributed by atoms with E-state index in [1.54, 1.807) is 0 Å². The van der Waals surface area contributed by atoms with E-state index in [9.17, 15) is 0 Å². The quantitative estimate of drug-likeness (QED) is 0.656. The minimum Gasteiger partial charge on any atom is -0.394 e. The summed E-state index contributed by atoms with van der Waals surface area (Å²) in [4.78, 5) is 4.11. The SMILES string of the molecule is Cc1csc([C@H](N)CO)n1. The van der Waals surface area contributed by atoms with Gasteiger partial charge in [0.1, 0.15) is 5.01 Å². The van der Waals surface area contributed by atoms with Crippen molar-refractivity contribution in [3.05, 3.63) is 16.1 Å². The first-order valence-corrected chi connectivity index (χ1v) is 3.90. The Hall–Kier alpha value is -0.450. The van der Waals surface area contributed by atoms with Crippen LogP contribution in [0.4, 0.5) is 0 Å². The van der Waals surface area contributed by atoms with Crippen LogP contribution < -0.4 is 5.73 Å². The number of aromatic nitrogens is 1. The molecule has 0 bridgehead atoms. The number of nitrogens with two attached hydrogens (primary N) is 1. The molecule has 0 fully saturated rings. The number of thiazole rings is 1. The highest BCUT2D eigenvalue weighted by Gasteiger charge is 2.06. The Morgan fingerprint density at radius 1 is 1.90 bits per heavy atom. The fraction of sp³-hybridized carbons (Fsp3) is 0.500.